The van der Waals surface area contributed by atoms with Crippen molar-refractivity contribution in [3.63, 3.8) is 0 Å². The zero-order valence-electron chi connectivity index (χ0n) is 14.7. The normalized spacial score (nSPS) is 11.7. The third-order valence-corrected chi connectivity index (χ3v) is 3.14. The monoisotopic (exact) mass is 336 g/mol. The topological polar surface area (TPSA) is 98.5 Å². The number of carbonyl (C=O) groups is 2. The first-order valence-corrected chi connectivity index (χ1v) is 7.61. The Kier molecular flexibility index (Phi) is 6.06. The lowest BCUT2D eigenvalue weighted by atomic mass is 9.82. The van der Waals surface area contributed by atoms with Crippen LogP contribution in [0.5, 0.6) is 5.75 Å². The maximum Gasteiger partial charge on any atom is 0.270 e. The molecule has 1 aromatic carbocycles. The predicted molar refractivity (Wildman–Crippen MR) is 90.3 cm³/mol. The van der Waals surface area contributed by atoms with E-state index in [1.165, 1.54) is 12.1 Å². The highest BCUT2D eigenvalue weighted by Crippen LogP contribution is 2.27. The van der Waals surface area contributed by atoms with Crippen molar-refractivity contribution >= 4 is 17.9 Å². The summed E-state index contributed by atoms with van der Waals surface area (Å²) in [4.78, 5) is 33.2. The molecule has 0 atom stereocenters. The fourth-order valence-corrected chi connectivity index (χ4v) is 2.80. The van der Waals surface area contributed by atoms with Gasteiger partial charge in [-0.3, -0.25) is 19.7 Å². The van der Waals surface area contributed by atoms with Gasteiger partial charge in [0.05, 0.1) is 10.5 Å². The highest BCUT2D eigenvalue weighted by atomic mass is 16.6. The number of nitro groups is 1. The molecule has 0 spiro atoms. The van der Waals surface area contributed by atoms with Crippen molar-refractivity contribution in [3.05, 3.63) is 33.9 Å². The number of non-ortho nitro benzene ring substituents is 1. The molecule has 0 saturated heterocycles. The summed E-state index contributed by atoms with van der Waals surface area (Å²) in [5.41, 5.74) is -0.520. The van der Waals surface area contributed by atoms with Crippen LogP contribution in [0.2, 0.25) is 0 Å². The first-order chi connectivity index (χ1) is 10.9. The first kappa shape index (κ1) is 19.6. The van der Waals surface area contributed by atoms with Gasteiger partial charge in [0.15, 0.2) is 12.9 Å². The van der Waals surface area contributed by atoms with Gasteiger partial charge in [-0.05, 0) is 31.7 Å². The summed E-state index contributed by atoms with van der Waals surface area (Å²) < 4.78 is 5.33. The molecule has 24 heavy (non-hydrogen) atoms. The van der Waals surface area contributed by atoms with Crippen LogP contribution >= 0.6 is 0 Å². The number of nitro benzene ring substituents is 1. The summed E-state index contributed by atoms with van der Waals surface area (Å²) in [7, 11) is 0. The molecule has 0 aromatic heterocycles. The highest BCUT2D eigenvalue weighted by molar-refractivity contribution is 5.82. The van der Waals surface area contributed by atoms with Crippen molar-refractivity contribution in [2.75, 3.05) is 6.61 Å². The maximum absolute atomic E-state index is 12.1. The Morgan fingerprint density at radius 1 is 1.29 bits per heavy atom. The smallest absolute Gasteiger partial charge is 0.270 e. The second-order valence-corrected chi connectivity index (χ2v) is 7.56. The van der Waals surface area contributed by atoms with E-state index in [1.807, 2.05) is 13.8 Å². The fraction of sp³-hybridized carbons (Fsp3) is 0.529. The zero-order valence-corrected chi connectivity index (χ0v) is 14.7. The summed E-state index contributed by atoms with van der Waals surface area (Å²) in [6.07, 6.45) is 1.24. The number of nitrogens with zero attached hydrogens (tertiary/aromatic N) is 1. The molecule has 0 fully saturated rings. The van der Waals surface area contributed by atoms with E-state index in [0.717, 1.165) is 12.5 Å². The van der Waals surface area contributed by atoms with Crippen LogP contribution in [0.3, 0.4) is 0 Å². The van der Waals surface area contributed by atoms with Crippen molar-refractivity contribution in [2.45, 2.75) is 46.6 Å². The number of amides is 1. The minimum absolute atomic E-state index is 0.0333. The van der Waals surface area contributed by atoms with Gasteiger partial charge in [0.25, 0.3) is 11.6 Å². The second kappa shape index (κ2) is 7.42. The predicted octanol–water partition coefficient (Wildman–Crippen LogP) is 3.12. The lowest BCUT2D eigenvalue weighted by Gasteiger charge is -2.33. The molecule has 0 saturated carbocycles. The molecule has 1 N–H and O–H groups in total. The quantitative estimate of drug-likeness (QED) is 0.468. The molecule has 132 valence electrons. The van der Waals surface area contributed by atoms with E-state index in [2.05, 4.69) is 26.1 Å². The summed E-state index contributed by atoms with van der Waals surface area (Å²) in [6, 6.07) is 3.66. The van der Waals surface area contributed by atoms with E-state index in [-0.39, 0.29) is 34.9 Å². The maximum atomic E-state index is 12.1. The van der Waals surface area contributed by atoms with Gasteiger partial charge in [-0.15, -0.1) is 0 Å². The Balaban J connectivity index is 2.71. The van der Waals surface area contributed by atoms with E-state index in [9.17, 15) is 19.7 Å². The van der Waals surface area contributed by atoms with Crippen LogP contribution in [0.4, 0.5) is 5.69 Å². The van der Waals surface area contributed by atoms with Crippen LogP contribution in [0, 0.1) is 15.5 Å². The van der Waals surface area contributed by atoms with Crippen LogP contribution in [-0.2, 0) is 4.79 Å². The number of hydrogen-bond acceptors (Lipinski definition) is 5. The molecule has 0 aliphatic carbocycles. The third-order valence-electron chi connectivity index (χ3n) is 3.14. The van der Waals surface area contributed by atoms with Gasteiger partial charge < -0.3 is 10.1 Å². The lowest BCUT2D eigenvalue weighted by Crippen LogP contribution is -2.47. The average Bonchev–Trinajstić information content (AvgIpc) is 2.41. The van der Waals surface area contributed by atoms with E-state index in [1.54, 1.807) is 0 Å². The van der Waals surface area contributed by atoms with Crippen molar-refractivity contribution in [1.82, 2.24) is 5.32 Å². The molecule has 0 aliphatic rings. The van der Waals surface area contributed by atoms with Crippen molar-refractivity contribution in [1.29, 1.82) is 0 Å². The number of aldehydes is 1. The number of ether oxygens (including phenoxy) is 1. The minimum atomic E-state index is -0.599. The van der Waals surface area contributed by atoms with Gasteiger partial charge in [0, 0.05) is 17.7 Å². The number of nitrogens with one attached hydrogen (secondary N) is 1. The lowest BCUT2D eigenvalue weighted by molar-refractivity contribution is -0.384. The third kappa shape index (κ3) is 6.36. The summed E-state index contributed by atoms with van der Waals surface area (Å²) >= 11 is 0. The Morgan fingerprint density at radius 3 is 2.42 bits per heavy atom. The summed E-state index contributed by atoms with van der Waals surface area (Å²) in [6.45, 7) is 9.85. The fourth-order valence-electron chi connectivity index (χ4n) is 2.80. The van der Waals surface area contributed by atoms with Crippen molar-refractivity contribution in [3.8, 4) is 5.75 Å². The molecule has 0 bridgehead atoms. The minimum Gasteiger partial charge on any atom is -0.483 e. The Hall–Kier alpha value is -2.44. The highest BCUT2D eigenvalue weighted by Gasteiger charge is 2.27. The molecule has 1 rings (SSSR count). The van der Waals surface area contributed by atoms with Gasteiger partial charge in [-0.1, -0.05) is 20.8 Å². The molecule has 0 unspecified atom stereocenters. The largest absolute Gasteiger partial charge is 0.483 e. The molecule has 7 heteroatoms. The Morgan fingerprint density at radius 2 is 1.92 bits per heavy atom. The van der Waals surface area contributed by atoms with E-state index in [0.29, 0.717) is 6.29 Å². The van der Waals surface area contributed by atoms with Gasteiger partial charge in [-0.25, -0.2) is 0 Å². The first-order valence-electron chi connectivity index (χ1n) is 7.61. The van der Waals surface area contributed by atoms with Crippen LogP contribution in [-0.4, -0.2) is 29.3 Å². The summed E-state index contributed by atoms with van der Waals surface area (Å²) in [5, 5.41) is 13.6. The number of benzene rings is 1. The molecule has 0 heterocycles. The SMILES string of the molecule is CC(C)(C)CC(C)(C)NC(=O)COc1ccc([N+](=O)[O-])cc1C=O. The van der Waals surface area contributed by atoms with Gasteiger partial charge in [0.1, 0.15) is 5.75 Å². The zero-order chi connectivity index (χ0) is 18.5. The molecule has 0 aliphatic heterocycles. The van der Waals surface area contributed by atoms with Crippen LogP contribution in [0.15, 0.2) is 18.2 Å². The number of hydrogen-bond donors (Lipinski definition) is 1. The van der Waals surface area contributed by atoms with E-state index < -0.39 is 10.5 Å². The van der Waals surface area contributed by atoms with E-state index in [4.69, 9.17) is 4.74 Å². The molecule has 1 amide bonds. The second-order valence-electron chi connectivity index (χ2n) is 7.56. The Labute approximate surface area is 141 Å². The molecule has 7 nitrogen and oxygen atoms in total. The molecule has 0 radical (unpaired) electrons. The molecular weight excluding hydrogens is 312 g/mol. The van der Waals surface area contributed by atoms with Crippen molar-refractivity contribution < 1.29 is 19.2 Å². The van der Waals surface area contributed by atoms with Crippen LogP contribution in [0.25, 0.3) is 0 Å². The van der Waals surface area contributed by atoms with Gasteiger partial charge in [-0.2, -0.15) is 0 Å². The standard InChI is InChI=1S/C17H24N2O5/c1-16(2,3)11-17(4,5)18-15(21)10-24-14-7-6-13(19(22)23)8-12(14)9-20/h6-9H,10-11H2,1-5H3,(H,18,21). The number of rotatable bonds is 7. The molecule has 1 aromatic rings. The average molecular weight is 336 g/mol. The van der Waals surface area contributed by atoms with E-state index >= 15 is 0 Å². The van der Waals surface area contributed by atoms with Crippen LogP contribution < -0.4 is 10.1 Å². The summed E-state index contributed by atoms with van der Waals surface area (Å²) in [5.74, 6) is -0.182. The van der Waals surface area contributed by atoms with Crippen LogP contribution in [0.1, 0.15) is 51.4 Å². The van der Waals surface area contributed by atoms with Gasteiger partial charge >= 0.3 is 0 Å². The van der Waals surface area contributed by atoms with Crippen molar-refractivity contribution in [2.24, 2.45) is 5.41 Å². The molecular formula is C17H24N2O5. The Bertz CT molecular complexity index is 632. The van der Waals surface area contributed by atoms with Gasteiger partial charge in [0.2, 0.25) is 0 Å². The number of carbonyl (C=O) groups excluding carboxylic acids is 2.